The maximum Gasteiger partial charge on any atom is 0.00718 e. The van der Waals surface area contributed by atoms with E-state index in [4.69, 9.17) is 0 Å². The molecule has 0 bridgehead atoms. The predicted octanol–water partition coefficient (Wildman–Crippen LogP) is 7.09. The van der Waals surface area contributed by atoms with Gasteiger partial charge in [0.1, 0.15) is 0 Å². The van der Waals surface area contributed by atoms with Crippen LogP contribution in [-0.4, -0.2) is 5.33 Å². The van der Waals surface area contributed by atoms with Crippen LogP contribution in [0.3, 0.4) is 0 Å². The summed E-state index contributed by atoms with van der Waals surface area (Å²) in [5.74, 6) is 0. The van der Waals surface area contributed by atoms with Crippen LogP contribution in [0, 0.1) is 0 Å². The minimum Gasteiger partial charge on any atom is -0.0924 e. The lowest BCUT2D eigenvalue weighted by molar-refractivity contribution is 0.556. The van der Waals surface area contributed by atoms with Crippen LogP contribution in [0.2, 0.25) is 0 Å². The third-order valence-corrected chi connectivity index (χ3v) is 4.62. The van der Waals surface area contributed by atoms with E-state index in [1.54, 1.807) is 0 Å². The van der Waals surface area contributed by atoms with Crippen molar-refractivity contribution < 1.29 is 0 Å². The first-order valence-corrected chi connectivity index (χ1v) is 10.1. The van der Waals surface area contributed by atoms with Crippen molar-refractivity contribution in [2.75, 3.05) is 5.33 Å². The van der Waals surface area contributed by atoms with Gasteiger partial charge in [0.25, 0.3) is 0 Å². The molecule has 0 atom stereocenters. The first-order chi connectivity index (χ1) is 10.4. The summed E-state index contributed by atoms with van der Waals surface area (Å²) in [6.45, 7) is 2.29. The topological polar surface area (TPSA) is 0 Å². The second-order valence-electron chi connectivity index (χ2n) is 6.19. The Morgan fingerprint density at radius 1 is 0.619 bits per heavy atom. The molecule has 1 heteroatoms. The van der Waals surface area contributed by atoms with E-state index in [0.29, 0.717) is 0 Å². The van der Waals surface area contributed by atoms with Crippen LogP contribution in [0.5, 0.6) is 0 Å². The smallest absolute Gasteiger partial charge is 0.00718 e. The number of alkyl halides is 1. The Kier molecular flexibility index (Phi) is 11.9. The van der Waals surface area contributed by atoms with E-state index in [-0.39, 0.29) is 0 Å². The number of benzene rings is 1. The van der Waals surface area contributed by atoms with Gasteiger partial charge in [-0.15, -0.1) is 0 Å². The molecule has 0 heterocycles. The number of unbranched alkanes of at least 4 members (excludes halogenated alkanes) is 9. The zero-order chi connectivity index (χ0) is 15.2. The summed E-state index contributed by atoms with van der Waals surface area (Å²) in [6.07, 6.45) is 16.6. The van der Waals surface area contributed by atoms with Gasteiger partial charge in [0.05, 0.1) is 0 Å². The van der Waals surface area contributed by atoms with Crippen LogP contribution in [0.25, 0.3) is 0 Å². The largest absolute Gasteiger partial charge is 0.0924 e. The van der Waals surface area contributed by atoms with Crippen molar-refractivity contribution in [3.8, 4) is 0 Å². The minimum atomic E-state index is 1.06. The lowest BCUT2D eigenvalue weighted by Gasteiger charge is -2.04. The Morgan fingerprint density at radius 3 is 1.52 bits per heavy atom. The molecule has 0 spiro atoms. The predicted molar refractivity (Wildman–Crippen MR) is 99.5 cm³/mol. The van der Waals surface area contributed by atoms with Crippen molar-refractivity contribution in [2.45, 2.75) is 84.0 Å². The molecule has 120 valence electrons. The van der Waals surface area contributed by atoms with E-state index in [1.165, 1.54) is 81.8 Å². The SMILES string of the molecule is CCCCCCCCCCCCc1ccc(CCBr)cc1. The molecule has 0 fully saturated rings. The van der Waals surface area contributed by atoms with Crippen LogP contribution in [0.1, 0.15) is 82.3 Å². The Hall–Kier alpha value is -0.300. The first kappa shape index (κ1) is 18.7. The fourth-order valence-corrected chi connectivity index (χ4v) is 3.26. The average molecular weight is 353 g/mol. The van der Waals surface area contributed by atoms with Crippen LogP contribution in [-0.2, 0) is 12.8 Å². The molecule has 0 aliphatic heterocycles. The van der Waals surface area contributed by atoms with Crippen molar-refractivity contribution in [2.24, 2.45) is 0 Å². The summed E-state index contributed by atoms with van der Waals surface area (Å²) in [5.41, 5.74) is 2.95. The molecule has 0 aliphatic carbocycles. The van der Waals surface area contributed by atoms with Crippen molar-refractivity contribution >= 4 is 15.9 Å². The monoisotopic (exact) mass is 352 g/mol. The van der Waals surface area contributed by atoms with Gasteiger partial charge in [0.15, 0.2) is 0 Å². The molecule has 0 saturated carbocycles. The molecule has 0 radical (unpaired) electrons. The standard InChI is InChI=1S/C20H33Br/c1-2-3-4-5-6-7-8-9-10-11-12-19-13-15-20(16-14-19)17-18-21/h13-16H,2-12,17-18H2,1H3. The zero-order valence-corrected chi connectivity index (χ0v) is 15.5. The van der Waals surface area contributed by atoms with Gasteiger partial charge in [0, 0.05) is 5.33 Å². The van der Waals surface area contributed by atoms with Gasteiger partial charge >= 0.3 is 0 Å². The second-order valence-corrected chi connectivity index (χ2v) is 6.98. The van der Waals surface area contributed by atoms with E-state index >= 15 is 0 Å². The number of halogens is 1. The van der Waals surface area contributed by atoms with Gasteiger partial charge in [-0.2, -0.15) is 0 Å². The lowest BCUT2D eigenvalue weighted by atomic mass is 10.0. The van der Waals surface area contributed by atoms with E-state index in [0.717, 1.165) is 11.8 Å². The maximum absolute atomic E-state index is 3.49. The van der Waals surface area contributed by atoms with Crippen LogP contribution >= 0.6 is 15.9 Å². The molecular formula is C20H33Br. The highest BCUT2D eigenvalue weighted by molar-refractivity contribution is 9.09. The molecular weight excluding hydrogens is 320 g/mol. The highest BCUT2D eigenvalue weighted by Gasteiger charge is 1.96. The van der Waals surface area contributed by atoms with Crippen molar-refractivity contribution in [1.82, 2.24) is 0 Å². The molecule has 0 amide bonds. The molecule has 1 aromatic carbocycles. The fourth-order valence-electron chi connectivity index (χ4n) is 2.80. The molecule has 1 aromatic rings. The summed E-state index contributed by atoms with van der Waals surface area (Å²) in [6, 6.07) is 9.19. The van der Waals surface area contributed by atoms with Gasteiger partial charge in [-0.1, -0.05) is 105 Å². The Balaban J connectivity index is 1.94. The highest BCUT2D eigenvalue weighted by atomic mass is 79.9. The molecule has 0 aromatic heterocycles. The highest BCUT2D eigenvalue weighted by Crippen LogP contribution is 2.13. The lowest BCUT2D eigenvalue weighted by Crippen LogP contribution is -1.89. The quantitative estimate of drug-likeness (QED) is 0.262. The molecule has 0 unspecified atom stereocenters. The number of hydrogen-bond acceptors (Lipinski definition) is 0. The van der Waals surface area contributed by atoms with Crippen LogP contribution < -0.4 is 0 Å². The summed E-state index contributed by atoms with van der Waals surface area (Å²) < 4.78 is 0. The minimum absolute atomic E-state index is 1.06. The van der Waals surface area contributed by atoms with Gasteiger partial charge in [-0.05, 0) is 30.4 Å². The van der Waals surface area contributed by atoms with Crippen molar-refractivity contribution in [3.63, 3.8) is 0 Å². The summed E-state index contributed by atoms with van der Waals surface area (Å²) >= 11 is 3.49. The third-order valence-electron chi connectivity index (χ3n) is 4.23. The van der Waals surface area contributed by atoms with E-state index < -0.39 is 0 Å². The molecule has 21 heavy (non-hydrogen) atoms. The number of aryl methyl sites for hydroxylation is 2. The van der Waals surface area contributed by atoms with Crippen molar-refractivity contribution in [3.05, 3.63) is 35.4 Å². The first-order valence-electron chi connectivity index (χ1n) is 9.00. The van der Waals surface area contributed by atoms with E-state index in [9.17, 15) is 0 Å². The molecule has 0 aliphatic rings. The Labute approximate surface area is 140 Å². The van der Waals surface area contributed by atoms with E-state index in [1.807, 2.05) is 0 Å². The maximum atomic E-state index is 3.49. The zero-order valence-electron chi connectivity index (χ0n) is 13.9. The summed E-state index contributed by atoms with van der Waals surface area (Å²) in [4.78, 5) is 0. The number of rotatable bonds is 13. The summed E-state index contributed by atoms with van der Waals surface area (Å²) in [5, 5.41) is 1.06. The van der Waals surface area contributed by atoms with E-state index in [2.05, 4.69) is 47.1 Å². The van der Waals surface area contributed by atoms with Gasteiger partial charge in [0.2, 0.25) is 0 Å². The average Bonchev–Trinajstić information content (AvgIpc) is 2.51. The van der Waals surface area contributed by atoms with Gasteiger partial charge in [-0.3, -0.25) is 0 Å². The molecule has 1 rings (SSSR count). The van der Waals surface area contributed by atoms with Crippen molar-refractivity contribution in [1.29, 1.82) is 0 Å². The summed E-state index contributed by atoms with van der Waals surface area (Å²) in [7, 11) is 0. The number of hydrogen-bond donors (Lipinski definition) is 0. The molecule has 0 saturated heterocycles. The van der Waals surface area contributed by atoms with Crippen LogP contribution in [0.15, 0.2) is 24.3 Å². The Bertz CT molecular complexity index is 328. The fraction of sp³-hybridized carbons (Fsp3) is 0.700. The van der Waals surface area contributed by atoms with Gasteiger partial charge in [-0.25, -0.2) is 0 Å². The van der Waals surface area contributed by atoms with Gasteiger partial charge < -0.3 is 0 Å². The molecule has 0 nitrogen and oxygen atoms in total. The van der Waals surface area contributed by atoms with Crippen LogP contribution in [0.4, 0.5) is 0 Å². The second kappa shape index (κ2) is 13.4. The normalized spacial score (nSPS) is 11.0. The Morgan fingerprint density at radius 2 is 1.05 bits per heavy atom. The third kappa shape index (κ3) is 10.1. The molecule has 0 N–H and O–H groups in total.